The van der Waals surface area contributed by atoms with Gasteiger partial charge in [0.15, 0.2) is 0 Å². The fraction of sp³-hybridized carbons (Fsp3) is 0.273. The van der Waals surface area contributed by atoms with E-state index in [0.29, 0.717) is 0 Å². The zero-order valence-corrected chi connectivity index (χ0v) is 9.67. The highest BCUT2D eigenvalue weighted by Gasteiger charge is 1.92. The molecule has 0 fully saturated rings. The van der Waals surface area contributed by atoms with Crippen LogP contribution in [0.1, 0.15) is 5.56 Å². The van der Waals surface area contributed by atoms with E-state index in [2.05, 4.69) is 40.5 Å². The summed E-state index contributed by atoms with van der Waals surface area (Å²) in [5, 5.41) is 0. The zero-order chi connectivity index (χ0) is 9.52. The highest BCUT2D eigenvalue weighted by atomic mass is 127. The van der Waals surface area contributed by atoms with Crippen LogP contribution in [0.2, 0.25) is 0 Å². The first kappa shape index (κ1) is 10.4. The minimum atomic E-state index is 0.806. The van der Waals surface area contributed by atoms with Gasteiger partial charge in [-0.25, -0.2) is 0 Å². The third-order valence-corrected chi connectivity index (χ3v) is 2.00. The number of benzene rings is 1. The molecule has 2 heteroatoms. The van der Waals surface area contributed by atoms with Crippen molar-refractivity contribution in [3.8, 4) is 17.6 Å². The van der Waals surface area contributed by atoms with Gasteiger partial charge in [-0.2, -0.15) is 0 Å². The van der Waals surface area contributed by atoms with Crippen LogP contribution in [0.4, 0.5) is 0 Å². The smallest absolute Gasteiger partial charge is 0.119 e. The molecule has 13 heavy (non-hydrogen) atoms. The molecule has 0 saturated carbocycles. The topological polar surface area (TPSA) is 9.23 Å². The van der Waals surface area contributed by atoms with Gasteiger partial charge in [0.1, 0.15) is 5.75 Å². The van der Waals surface area contributed by atoms with E-state index in [9.17, 15) is 0 Å². The van der Waals surface area contributed by atoms with Gasteiger partial charge in [0.2, 0.25) is 0 Å². The molecule has 1 aromatic carbocycles. The average molecular weight is 286 g/mol. The highest BCUT2D eigenvalue weighted by molar-refractivity contribution is 14.1. The second-order valence-corrected chi connectivity index (χ2v) is 3.28. The fourth-order valence-corrected chi connectivity index (χ4v) is 1.26. The summed E-state index contributed by atoms with van der Waals surface area (Å²) in [5.41, 5.74) is 1.21. The molecule has 68 valence electrons. The summed E-state index contributed by atoms with van der Waals surface area (Å²) < 4.78 is 6.00. The lowest BCUT2D eigenvalue weighted by Crippen LogP contribution is -1.85. The lowest BCUT2D eigenvalue weighted by molar-refractivity contribution is 0.414. The maximum Gasteiger partial charge on any atom is 0.119 e. The van der Waals surface area contributed by atoms with Crippen molar-refractivity contribution in [2.45, 2.75) is 6.42 Å². The largest absolute Gasteiger partial charge is 0.497 e. The summed E-state index contributed by atoms with van der Waals surface area (Å²) in [7, 11) is 1.68. The monoisotopic (exact) mass is 286 g/mol. The van der Waals surface area contributed by atoms with Crippen LogP contribution in [0, 0.1) is 11.8 Å². The van der Waals surface area contributed by atoms with Crippen LogP contribution in [0.5, 0.6) is 5.75 Å². The van der Waals surface area contributed by atoms with Gasteiger partial charge in [-0.1, -0.05) is 46.6 Å². The van der Waals surface area contributed by atoms with Crippen molar-refractivity contribution in [1.29, 1.82) is 0 Å². The molecule has 0 bridgehead atoms. The Hall–Kier alpha value is -0.690. The second kappa shape index (κ2) is 5.87. The quantitative estimate of drug-likeness (QED) is 0.461. The first-order valence-corrected chi connectivity index (χ1v) is 5.54. The van der Waals surface area contributed by atoms with Gasteiger partial charge in [-0.15, -0.1) is 0 Å². The van der Waals surface area contributed by atoms with E-state index in [0.717, 1.165) is 16.6 Å². The highest BCUT2D eigenvalue weighted by Crippen LogP contribution is 2.12. The standard InChI is InChI=1S/C11H11IO/c1-13-11-7-4-6-10(9-11)5-2-3-8-12/h4,6-7,9H,5,8H2,1H3. The summed E-state index contributed by atoms with van der Waals surface area (Å²) in [6.07, 6.45) is 0.806. The number of halogens is 1. The molecule has 0 amide bonds. The van der Waals surface area contributed by atoms with Crippen molar-refractivity contribution < 1.29 is 4.74 Å². The molecule has 0 spiro atoms. The third kappa shape index (κ3) is 3.69. The van der Waals surface area contributed by atoms with Crippen LogP contribution < -0.4 is 4.74 Å². The van der Waals surface area contributed by atoms with Crippen molar-refractivity contribution in [1.82, 2.24) is 0 Å². The van der Waals surface area contributed by atoms with Crippen LogP contribution in [0.25, 0.3) is 0 Å². The third-order valence-electron chi connectivity index (χ3n) is 1.62. The van der Waals surface area contributed by atoms with Crippen molar-refractivity contribution in [2.75, 3.05) is 11.5 Å². The van der Waals surface area contributed by atoms with Gasteiger partial charge in [-0.05, 0) is 17.7 Å². The Bertz CT molecular complexity index is 322. The summed E-state index contributed by atoms with van der Waals surface area (Å²) in [6.45, 7) is 0. The average Bonchev–Trinajstić information content (AvgIpc) is 2.19. The molecule has 0 atom stereocenters. The summed E-state index contributed by atoms with van der Waals surface area (Å²) >= 11 is 2.25. The van der Waals surface area contributed by atoms with Gasteiger partial charge in [-0.3, -0.25) is 0 Å². The van der Waals surface area contributed by atoms with E-state index in [1.54, 1.807) is 7.11 Å². The lowest BCUT2D eigenvalue weighted by atomic mass is 10.1. The Labute approximate surface area is 92.6 Å². The Morgan fingerprint density at radius 1 is 1.38 bits per heavy atom. The Kier molecular flexibility index (Phi) is 4.69. The molecule has 0 aromatic heterocycles. The molecule has 1 aromatic rings. The maximum absolute atomic E-state index is 5.11. The van der Waals surface area contributed by atoms with Crippen molar-refractivity contribution in [2.24, 2.45) is 0 Å². The van der Waals surface area contributed by atoms with Crippen LogP contribution >= 0.6 is 22.6 Å². The van der Waals surface area contributed by atoms with Crippen molar-refractivity contribution in [3.05, 3.63) is 29.8 Å². The molecule has 0 aliphatic heterocycles. The predicted molar refractivity (Wildman–Crippen MR) is 63.4 cm³/mol. The molecule has 0 saturated heterocycles. The summed E-state index contributed by atoms with van der Waals surface area (Å²) in [4.78, 5) is 0. The zero-order valence-electron chi connectivity index (χ0n) is 7.51. The van der Waals surface area contributed by atoms with Gasteiger partial charge < -0.3 is 4.74 Å². The molecule has 1 rings (SSSR count). The van der Waals surface area contributed by atoms with E-state index in [4.69, 9.17) is 4.74 Å². The van der Waals surface area contributed by atoms with Crippen LogP contribution in [0.3, 0.4) is 0 Å². The predicted octanol–water partition coefficient (Wildman–Crippen LogP) is 2.68. The molecule has 0 aliphatic carbocycles. The maximum atomic E-state index is 5.11. The van der Waals surface area contributed by atoms with E-state index in [1.165, 1.54) is 5.56 Å². The number of ether oxygens (including phenoxy) is 1. The van der Waals surface area contributed by atoms with E-state index >= 15 is 0 Å². The molecule has 0 heterocycles. The number of rotatable bonds is 2. The molecule has 1 nitrogen and oxygen atoms in total. The Morgan fingerprint density at radius 3 is 2.92 bits per heavy atom. The summed E-state index contributed by atoms with van der Waals surface area (Å²) in [5.74, 6) is 7.02. The van der Waals surface area contributed by atoms with Crippen molar-refractivity contribution in [3.63, 3.8) is 0 Å². The van der Waals surface area contributed by atoms with E-state index in [-0.39, 0.29) is 0 Å². The van der Waals surface area contributed by atoms with Crippen LogP contribution in [-0.4, -0.2) is 11.5 Å². The molecular weight excluding hydrogens is 275 g/mol. The second-order valence-electron chi connectivity index (χ2n) is 2.52. The SMILES string of the molecule is COc1cccc(CC#CCI)c1. The number of hydrogen-bond donors (Lipinski definition) is 0. The Balaban J connectivity index is 2.66. The number of methoxy groups -OCH3 is 1. The Morgan fingerprint density at radius 2 is 2.23 bits per heavy atom. The van der Waals surface area contributed by atoms with E-state index in [1.807, 2.05) is 18.2 Å². The van der Waals surface area contributed by atoms with Crippen LogP contribution in [-0.2, 0) is 6.42 Å². The molecule has 0 aliphatic rings. The molecular formula is C11H11IO. The van der Waals surface area contributed by atoms with Gasteiger partial charge in [0.05, 0.1) is 11.5 Å². The first-order chi connectivity index (χ1) is 6.36. The molecule has 0 radical (unpaired) electrons. The first-order valence-electron chi connectivity index (χ1n) is 4.01. The van der Waals surface area contributed by atoms with Gasteiger partial charge in [0, 0.05) is 6.42 Å². The summed E-state index contributed by atoms with van der Waals surface area (Å²) in [6, 6.07) is 8.00. The van der Waals surface area contributed by atoms with Gasteiger partial charge in [0.25, 0.3) is 0 Å². The lowest BCUT2D eigenvalue weighted by Gasteiger charge is -2.00. The number of alkyl halides is 1. The normalized spacial score (nSPS) is 8.77. The molecule has 0 unspecified atom stereocenters. The van der Waals surface area contributed by atoms with Crippen molar-refractivity contribution >= 4 is 22.6 Å². The number of hydrogen-bond acceptors (Lipinski definition) is 1. The van der Waals surface area contributed by atoms with E-state index < -0.39 is 0 Å². The minimum Gasteiger partial charge on any atom is -0.497 e. The van der Waals surface area contributed by atoms with Gasteiger partial charge >= 0.3 is 0 Å². The minimum absolute atomic E-state index is 0.806. The fourth-order valence-electron chi connectivity index (χ4n) is 0.994. The van der Waals surface area contributed by atoms with Crippen LogP contribution in [0.15, 0.2) is 24.3 Å². The molecule has 0 N–H and O–H groups in total.